The Hall–Kier alpha value is -1.59. The lowest BCUT2D eigenvalue weighted by Crippen LogP contribution is -2.49. The molecule has 0 spiro atoms. The summed E-state index contributed by atoms with van der Waals surface area (Å²) < 4.78 is 0. The molecular weight excluding hydrogens is 260 g/mol. The average Bonchev–Trinajstić information content (AvgIpc) is 2.39. The van der Waals surface area contributed by atoms with Crippen LogP contribution in [0.4, 0.5) is 0 Å². The molecule has 0 aliphatic heterocycles. The average molecular weight is 284 g/mol. The van der Waals surface area contributed by atoms with Gasteiger partial charge in [-0.05, 0) is 32.6 Å². The third kappa shape index (κ3) is 5.59. The van der Waals surface area contributed by atoms with Gasteiger partial charge in [0.15, 0.2) is 0 Å². The Labute approximate surface area is 119 Å². The van der Waals surface area contributed by atoms with E-state index < -0.39 is 24.0 Å². The van der Waals surface area contributed by atoms with Gasteiger partial charge in [0.2, 0.25) is 11.8 Å². The topological polar surface area (TPSA) is 95.5 Å². The molecule has 0 aromatic heterocycles. The van der Waals surface area contributed by atoms with Crippen molar-refractivity contribution in [2.75, 3.05) is 0 Å². The van der Waals surface area contributed by atoms with Gasteiger partial charge in [-0.1, -0.05) is 19.3 Å². The molecule has 20 heavy (non-hydrogen) atoms. The largest absolute Gasteiger partial charge is 0.480 e. The van der Waals surface area contributed by atoms with Gasteiger partial charge in [-0.25, -0.2) is 0 Å². The number of amides is 2. The summed E-state index contributed by atoms with van der Waals surface area (Å²) in [7, 11) is 0. The Bertz CT molecular complexity index is 364. The van der Waals surface area contributed by atoms with E-state index in [4.69, 9.17) is 5.11 Å². The molecule has 1 saturated carbocycles. The number of rotatable bonds is 6. The quantitative estimate of drug-likeness (QED) is 0.679. The first-order chi connectivity index (χ1) is 9.40. The molecule has 0 heterocycles. The zero-order chi connectivity index (χ0) is 15.1. The number of nitrogens with one attached hydrogen (secondary N) is 2. The van der Waals surface area contributed by atoms with Crippen molar-refractivity contribution in [2.45, 2.75) is 64.5 Å². The molecule has 1 rings (SSSR count). The first-order valence-electron chi connectivity index (χ1n) is 7.22. The van der Waals surface area contributed by atoms with Crippen LogP contribution in [0.3, 0.4) is 0 Å². The Kier molecular flexibility index (Phi) is 6.48. The standard InChI is InChI=1S/C14H24N2O4/c1-9(13(18)16-10(2)14(19)20)15-12(17)8-11-6-4-3-5-7-11/h9-11H,3-8H2,1-2H3,(H,15,17)(H,16,18)(H,19,20)/t9?,10-/m0/s1. The summed E-state index contributed by atoms with van der Waals surface area (Å²) in [4.78, 5) is 34.2. The van der Waals surface area contributed by atoms with Gasteiger partial charge in [-0.3, -0.25) is 14.4 Å². The maximum absolute atomic E-state index is 11.8. The van der Waals surface area contributed by atoms with Crippen molar-refractivity contribution in [3.8, 4) is 0 Å². The summed E-state index contributed by atoms with van der Waals surface area (Å²) in [5, 5.41) is 13.7. The van der Waals surface area contributed by atoms with E-state index in [0.29, 0.717) is 12.3 Å². The predicted molar refractivity (Wildman–Crippen MR) is 74.0 cm³/mol. The second-order valence-electron chi connectivity index (χ2n) is 5.57. The molecule has 6 heteroatoms. The van der Waals surface area contributed by atoms with Crippen molar-refractivity contribution in [2.24, 2.45) is 5.92 Å². The molecule has 0 bridgehead atoms. The fourth-order valence-electron chi connectivity index (χ4n) is 2.42. The van der Waals surface area contributed by atoms with Gasteiger partial charge in [0.05, 0.1) is 0 Å². The number of aliphatic carboxylic acids is 1. The lowest BCUT2D eigenvalue weighted by molar-refractivity contribution is -0.141. The lowest BCUT2D eigenvalue weighted by atomic mass is 9.87. The van der Waals surface area contributed by atoms with Crippen LogP contribution in [0, 0.1) is 5.92 Å². The number of hydrogen-bond donors (Lipinski definition) is 3. The molecule has 1 fully saturated rings. The van der Waals surface area contributed by atoms with Crippen molar-refractivity contribution in [3.63, 3.8) is 0 Å². The number of carboxylic acids is 1. The van der Waals surface area contributed by atoms with Crippen molar-refractivity contribution in [1.82, 2.24) is 10.6 Å². The highest BCUT2D eigenvalue weighted by Crippen LogP contribution is 2.26. The van der Waals surface area contributed by atoms with Gasteiger partial charge < -0.3 is 15.7 Å². The van der Waals surface area contributed by atoms with Crippen LogP contribution in [0.15, 0.2) is 0 Å². The normalized spacial score (nSPS) is 18.9. The van der Waals surface area contributed by atoms with E-state index in [9.17, 15) is 14.4 Å². The molecule has 0 aromatic rings. The molecule has 0 radical (unpaired) electrons. The molecule has 0 saturated heterocycles. The van der Waals surface area contributed by atoms with Crippen LogP contribution >= 0.6 is 0 Å². The number of carboxylic acid groups (broad SMARTS) is 1. The highest BCUT2D eigenvalue weighted by Gasteiger charge is 2.22. The molecule has 3 N–H and O–H groups in total. The highest BCUT2D eigenvalue weighted by atomic mass is 16.4. The van der Waals surface area contributed by atoms with Crippen LogP contribution in [-0.2, 0) is 14.4 Å². The van der Waals surface area contributed by atoms with Crippen LogP contribution in [0.1, 0.15) is 52.4 Å². The second-order valence-corrected chi connectivity index (χ2v) is 5.57. The Morgan fingerprint density at radius 3 is 2.20 bits per heavy atom. The van der Waals surface area contributed by atoms with E-state index in [-0.39, 0.29) is 5.91 Å². The van der Waals surface area contributed by atoms with Crippen molar-refractivity contribution >= 4 is 17.8 Å². The molecule has 0 aromatic carbocycles. The maximum Gasteiger partial charge on any atom is 0.325 e. The Morgan fingerprint density at radius 2 is 1.65 bits per heavy atom. The molecule has 1 unspecified atom stereocenters. The summed E-state index contributed by atoms with van der Waals surface area (Å²) >= 11 is 0. The number of carbonyl (C=O) groups is 3. The molecule has 114 valence electrons. The van der Waals surface area contributed by atoms with Gasteiger partial charge in [0, 0.05) is 6.42 Å². The van der Waals surface area contributed by atoms with E-state index >= 15 is 0 Å². The van der Waals surface area contributed by atoms with E-state index in [0.717, 1.165) is 12.8 Å². The summed E-state index contributed by atoms with van der Waals surface area (Å²) in [6.07, 6.45) is 6.18. The predicted octanol–water partition coefficient (Wildman–Crippen LogP) is 1.05. The maximum atomic E-state index is 11.8. The number of carbonyl (C=O) groups excluding carboxylic acids is 2. The van der Waals surface area contributed by atoms with E-state index in [1.807, 2.05) is 0 Å². The second kappa shape index (κ2) is 7.87. The van der Waals surface area contributed by atoms with Crippen LogP contribution in [0.25, 0.3) is 0 Å². The van der Waals surface area contributed by atoms with Gasteiger partial charge in [-0.15, -0.1) is 0 Å². The minimum Gasteiger partial charge on any atom is -0.480 e. The highest BCUT2D eigenvalue weighted by molar-refractivity contribution is 5.89. The lowest BCUT2D eigenvalue weighted by Gasteiger charge is -2.22. The van der Waals surface area contributed by atoms with E-state index in [1.165, 1.54) is 26.2 Å². The molecule has 1 aliphatic carbocycles. The van der Waals surface area contributed by atoms with Gasteiger partial charge >= 0.3 is 5.97 Å². The third-order valence-electron chi connectivity index (χ3n) is 3.70. The molecule has 2 amide bonds. The van der Waals surface area contributed by atoms with Gasteiger partial charge in [-0.2, -0.15) is 0 Å². The first kappa shape index (κ1) is 16.5. The smallest absolute Gasteiger partial charge is 0.325 e. The van der Waals surface area contributed by atoms with Crippen LogP contribution in [0.5, 0.6) is 0 Å². The minimum absolute atomic E-state index is 0.137. The third-order valence-corrected chi connectivity index (χ3v) is 3.70. The van der Waals surface area contributed by atoms with Crippen LogP contribution < -0.4 is 10.6 Å². The van der Waals surface area contributed by atoms with E-state index in [1.54, 1.807) is 6.92 Å². The summed E-state index contributed by atoms with van der Waals surface area (Å²) in [6, 6.07) is -1.67. The molecule has 1 aliphatic rings. The zero-order valence-electron chi connectivity index (χ0n) is 12.1. The van der Waals surface area contributed by atoms with Crippen molar-refractivity contribution in [3.05, 3.63) is 0 Å². The van der Waals surface area contributed by atoms with Crippen LogP contribution in [0.2, 0.25) is 0 Å². The van der Waals surface area contributed by atoms with Crippen molar-refractivity contribution < 1.29 is 19.5 Å². The van der Waals surface area contributed by atoms with Crippen LogP contribution in [-0.4, -0.2) is 35.0 Å². The van der Waals surface area contributed by atoms with Gasteiger partial charge in [0.25, 0.3) is 0 Å². The molecule has 2 atom stereocenters. The zero-order valence-corrected chi connectivity index (χ0v) is 12.1. The Morgan fingerprint density at radius 1 is 1.05 bits per heavy atom. The van der Waals surface area contributed by atoms with Crippen molar-refractivity contribution in [1.29, 1.82) is 0 Å². The van der Waals surface area contributed by atoms with Gasteiger partial charge in [0.1, 0.15) is 12.1 Å². The SMILES string of the molecule is CC(NC(=O)CC1CCCCC1)C(=O)N[C@@H](C)C(=O)O. The fourth-order valence-corrected chi connectivity index (χ4v) is 2.42. The monoisotopic (exact) mass is 284 g/mol. The summed E-state index contributed by atoms with van der Waals surface area (Å²) in [5.74, 6) is -1.30. The molecule has 6 nitrogen and oxygen atoms in total. The molecular formula is C14H24N2O4. The summed E-state index contributed by atoms with van der Waals surface area (Å²) in [5.41, 5.74) is 0. The fraction of sp³-hybridized carbons (Fsp3) is 0.786. The Balaban J connectivity index is 2.32. The van der Waals surface area contributed by atoms with E-state index in [2.05, 4.69) is 10.6 Å². The minimum atomic E-state index is -1.10. The summed E-state index contributed by atoms with van der Waals surface area (Å²) in [6.45, 7) is 2.94. The first-order valence-corrected chi connectivity index (χ1v) is 7.22. The number of hydrogen-bond acceptors (Lipinski definition) is 3.